The molecular formula is C27H36F2N8O3S2. The van der Waals surface area contributed by atoms with E-state index in [0.29, 0.717) is 29.3 Å². The first-order valence-corrected chi connectivity index (χ1v) is 16.5. The zero-order valence-electron chi connectivity index (χ0n) is 24.2. The Morgan fingerprint density at radius 1 is 1.19 bits per heavy atom. The van der Waals surface area contributed by atoms with Crippen molar-refractivity contribution in [1.82, 2.24) is 34.9 Å². The fourth-order valence-corrected chi connectivity index (χ4v) is 7.72. The van der Waals surface area contributed by atoms with E-state index in [1.807, 2.05) is 39.5 Å². The van der Waals surface area contributed by atoms with Crippen molar-refractivity contribution >= 4 is 38.6 Å². The molecule has 2 aliphatic carbocycles. The van der Waals surface area contributed by atoms with Gasteiger partial charge in [-0.25, -0.2) is 26.9 Å². The van der Waals surface area contributed by atoms with Crippen LogP contribution >= 0.6 is 11.3 Å². The molecule has 0 radical (unpaired) electrons. The number of amides is 1. The van der Waals surface area contributed by atoms with Crippen molar-refractivity contribution < 1.29 is 22.0 Å². The number of imidazole rings is 1. The molecule has 15 heteroatoms. The van der Waals surface area contributed by atoms with Gasteiger partial charge in [0.25, 0.3) is 6.43 Å². The fourth-order valence-electron chi connectivity index (χ4n) is 5.49. The van der Waals surface area contributed by atoms with E-state index in [2.05, 4.69) is 25.6 Å². The normalized spacial score (nSPS) is 21.8. The lowest BCUT2D eigenvalue weighted by molar-refractivity contribution is -0.124. The molecule has 42 heavy (non-hydrogen) atoms. The van der Waals surface area contributed by atoms with E-state index in [1.165, 1.54) is 6.20 Å². The Morgan fingerprint density at radius 3 is 2.50 bits per heavy atom. The number of carbonyl (C=O) groups is 1. The van der Waals surface area contributed by atoms with Gasteiger partial charge in [0.15, 0.2) is 15.7 Å². The molecular weight excluding hydrogens is 586 g/mol. The molecule has 0 unspecified atom stereocenters. The van der Waals surface area contributed by atoms with Crippen LogP contribution in [0.4, 0.5) is 14.5 Å². The number of fused-ring (bicyclic) bond motifs is 1. The lowest BCUT2D eigenvalue weighted by Gasteiger charge is -2.44. The van der Waals surface area contributed by atoms with Crippen LogP contribution < -0.4 is 20.3 Å². The lowest BCUT2D eigenvalue weighted by Crippen LogP contribution is -2.66. The van der Waals surface area contributed by atoms with Crippen LogP contribution in [0.3, 0.4) is 0 Å². The number of nitrogens with one attached hydrogen (secondary N) is 3. The van der Waals surface area contributed by atoms with Crippen LogP contribution in [0.1, 0.15) is 83.3 Å². The van der Waals surface area contributed by atoms with Gasteiger partial charge >= 0.3 is 0 Å². The molecule has 1 saturated heterocycles. The number of carbonyl (C=O) groups excluding carboxylic acids is 1. The van der Waals surface area contributed by atoms with E-state index in [-0.39, 0.29) is 34.3 Å². The van der Waals surface area contributed by atoms with Gasteiger partial charge in [0.1, 0.15) is 16.6 Å². The number of anilines is 1. The predicted octanol–water partition coefficient (Wildman–Crippen LogP) is 3.58. The Labute approximate surface area is 247 Å². The van der Waals surface area contributed by atoms with Crippen molar-refractivity contribution in [2.45, 2.75) is 101 Å². The summed E-state index contributed by atoms with van der Waals surface area (Å²) in [7, 11) is -3.96. The molecule has 0 spiro atoms. The number of hydrogen-bond acceptors (Lipinski definition) is 9. The summed E-state index contributed by atoms with van der Waals surface area (Å²) in [6.07, 6.45) is 1.98. The quantitative estimate of drug-likeness (QED) is 0.330. The summed E-state index contributed by atoms with van der Waals surface area (Å²) in [5, 5.41) is 14.0. The molecule has 3 fully saturated rings. The molecule has 6 rings (SSSR count). The molecule has 3 aromatic rings. The highest BCUT2D eigenvalue weighted by Gasteiger charge is 2.43. The molecule has 3 aromatic heterocycles. The number of hydrogen-bond donors (Lipinski definition) is 3. The highest BCUT2D eigenvalue weighted by molar-refractivity contribution is 7.89. The first-order chi connectivity index (χ1) is 19.6. The highest BCUT2D eigenvalue weighted by atomic mass is 32.2. The zero-order chi connectivity index (χ0) is 30.2. The van der Waals surface area contributed by atoms with E-state index >= 15 is 0 Å². The minimum atomic E-state index is -3.96. The lowest BCUT2D eigenvalue weighted by atomic mass is 9.97. The van der Waals surface area contributed by atoms with Crippen LogP contribution in [-0.2, 0) is 14.8 Å². The monoisotopic (exact) mass is 622 g/mol. The maximum absolute atomic E-state index is 13.7. The van der Waals surface area contributed by atoms with Gasteiger partial charge in [-0.15, -0.1) is 10.2 Å². The summed E-state index contributed by atoms with van der Waals surface area (Å²) in [4.78, 5) is 20.1. The van der Waals surface area contributed by atoms with Crippen molar-refractivity contribution in [3.63, 3.8) is 0 Å². The summed E-state index contributed by atoms with van der Waals surface area (Å²) in [5.74, 6) is -0.0405. The zero-order valence-corrected chi connectivity index (χ0v) is 25.9. The van der Waals surface area contributed by atoms with Gasteiger partial charge in [0, 0.05) is 42.3 Å². The topological polar surface area (TPSA) is 134 Å². The highest BCUT2D eigenvalue weighted by Crippen LogP contribution is 2.46. The molecule has 3 N–H and O–H groups in total. The summed E-state index contributed by atoms with van der Waals surface area (Å²) < 4.78 is 58.9. The van der Waals surface area contributed by atoms with Crippen LogP contribution in [0.25, 0.3) is 16.3 Å². The van der Waals surface area contributed by atoms with Crippen LogP contribution in [0.2, 0.25) is 0 Å². The van der Waals surface area contributed by atoms with Gasteiger partial charge in [0.2, 0.25) is 15.9 Å². The average molecular weight is 623 g/mol. The molecule has 1 aliphatic heterocycles. The van der Waals surface area contributed by atoms with Crippen LogP contribution in [0.5, 0.6) is 0 Å². The second-order valence-electron chi connectivity index (χ2n) is 12.9. The second kappa shape index (κ2) is 10.2. The number of aromatic nitrogens is 4. The second-order valence-corrected chi connectivity index (χ2v) is 15.6. The number of nitrogens with zero attached hydrogens (tertiary/aromatic N) is 5. The first-order valence-electron chi connectivity index (χ1n) is 14.2. The first kappa shape index (κ1) is 29.3. The third-order valence-corrected chi connectivity index (χ3v) is 10.4. The fraction of sp³-hybridized carbons (Fsp3) is 0.630. The van der Waals surface area contributed by atoms with Crippen molar-refractivity contribution in [3.05, 3.63) is 23.0 Å². The van der Waals surface area contributed by atoms with Crippen LogP contribution in [-0.4, -0.2) is 70.2 Å². The third kappa shape index (κ3) is 5.75. The molecule has 0 aromatic carbocycles. The maximum atomic E-state index is 13.7. The van der Waals surface area contributed by atoms with Crippen molar-refractivity contribution in [1.29, 1.82) is 0 Å². The Kier molecular flexibility index (Phi) is 7.10. The number of piperazine rings is 1. The minimum Gasteiger partial charge on any atom is -0.365 e. The molecule has 2 saturated carbocycles. The SMILES string of the molecule is CC(C)NC(=O)[C@H]1CN(c2cc(S(=O)(=O)NC3(C)CC3)cn3c(-c4nnc(C(F)F)s4)c(C4CC4)nc23)CC(C)(C)N1. The summed E-state index contributed by atoms with van der Waals surface area (Å²) in [5.41, 5.74) is 1.20. The molecule has 1 atom stereocenters. The Bertz CT molecular complexity index is 1640. The largest absolute Gasteiger partial charge is 0.365 e. The number of halogens is 2. The van der Waals surface area contributed by atoms with Gasteiger partial charge in [-0.2, -0.15) is 0 Å². The minimum absolute atomic E-state index is 0.0252. The standard InChI is InChI=1S/C27H36F2N8O3S2/c1-14(2)30-23(38)17-12-36(13-26(3,4)32-17)18-10-16(42(39,40)35-27(5)8-9-27)11-37-20(19(15-6-7-15)31-22(18)37)24-33-34-25(41-24)21(28)29/h10-11,14-15,17,21,32,35H,6-9,12-13H2,1-5H3,(H,30,38)/t17-/m1/s1. The predicted molar refractivity (Wildman–Crippen MR) is 155 cm³/mol. The Balaban J connectivity index is 1.54. The average Bonchev–Trinajstić information content (AvgIpc) is 3.76. The van der Waals surface area contributed by atoms with Gasteiger partial charge < -0.3 is 10.2 Å². The summed E-state index contributed by atoms with van der Waals surface area (Å²) >= 11 is 0.783. The van der Waals surface area contributed by atoms with Gasteiger partial charge in [-0.3, -0.25) is 14.5 Å². The van der Waals surface area contributed by atoms with Gasteiger partial charge in [0.05, 0.1) is 11.4 Å². The number of rotatable bonds is 9. The van der Waals surface area contributed by atoms with E-state index in [9.17, 15) is 22.0 Å². The number of alkyl halides is 2. The number of sulfonamides is 1. The smallest absolute Gasteiger partial charge is 0.291 e. The van der Waals surface area contributed by atoms with Gasteiger partial charge in [-0.1, -0.05) is 11.3 Å². The summed E-state index contributed by atoms with van der Waals surface area (Å²) in [6, 6.07) is 1.00. The third-order valence-electron chi connectivity index (χ3n) is 7.83. The molecule has 1 amide bonds. The van der Waals surface area contributed by atoms with E-state index in [0.717, 1.165) is 37.0 Å². The number of pyridine rings is 1. The van der Waals surface area contributed by atoms with E-state index in [1.54, 1.807) is 10.5 Å². The molecule has 228 valence electrons. The molecule has 11 nitrogen and oxygen atoms in total. The van der Waals surface area contributed by atoms with Crippen molar-refractivity contribution in [2.75, 3.05) is 18.0 Å². The summed E-state index contributed by atoms with van der Waals surface area (Å²) in [6.45, 7) is 10.4. The van der Waals surface area contributed by atoms with Crippen LogP contribution in [0, 0.1) is 0 Å². The maximum Gasteiger partial charge on any atom is 0.291 e. The van der Waals surface area contributed by atoms with Gasteiger partial charge in [-0.05, 0) is 66.4 Å². The van der Waals surface area contributed by atoms with E-state index < -0.39 is 38.6 Å². The molecule has 0 bridgehead atoms. The van der Waals surface area contributed by atoms with Crippen molar-refractivity contribution in [2.24, 2.45) is 0 Å². The van der Waals surface area contributed by atoms with Crippen molar-refractivity contribution in [3.8, 4) is 10.7 Å². The molecule has 4 heterocycles. The Hall–Kier alpha value is -2.75. The Morgan fingerprint density at radius 2 is 1.90 bits per heavy atom. The molecule has 3 aliphatic rings. The van der Waals surface area contributed by atoms with E-state index in [4.69, 9.17) is 4.98 Å². The van der Waals surface area contributed by atoms with Crippen LogP contribution in [0.15, 0.2) is 17.2 Å².